The third kappa shape index (κ3) is 5.54. The summed E-state index contributed by atoms with van der Waals surface area (Å²) in [6, 6.07) is 8.44. The first-order valence-electron chi connectivity index (χ1n) is 8.75. The first-order valence-corrected chi connectivity index (χ1v) is 8.75. The lowest BCUT2D eigenvalue weighted by atomic mass is 10.0. The fourth-order valence-corrected chi connectivity index (χ4v) is 3.08. The average molecular weight is 318 g/mol. The van der Waals surface area contributed by atoms with Gasteiger partial charge in [0, 0.05) is 13.0 Å². The number of hydrogen-bond acceptors (Lipinski definition) is 3. The van der Waals surface area contributed by atoms with Crippen LogP contribution in [-0.2, 0) is 4.79 Å². The van der Waals surface area contributed by atoms with Crippen LogP contribution in [0.4, 0.5) is 0 Å². The molecule has 0 aromatic heterocycles. The van der Waals surface area contributed by atoms with Crippen LogP contribution in [0, 0.1) is 5.92 Å². The molecule has 1 saturated heterocycles. The van der Waals surface area contributed by atoms with E-state index in [9.17, 15) is 4.79 Å². The molecule has 1 aromatic carbocycles. The van der Waals surface area contributed by atoms with Gasteiger partial charge >= 0.3 is 0 Å². The highest BCUT2D eigenvalue weighted by Gasteiger charge is 2.24. The maximum absolute atomic E-state index is 12.1. The molecule has 2 rings (SSSR count). The summed E-state index contributed by atoms with van der Waals surface area (Å²) in [4.78, 5) is 14.5. The van der Waals surface area contributed by atoms with E-state index < -0.39 is 0 Å². The summed E-state index contributed by atoms with van der Waals surface area (Å²) in [5, 5.41) is 3.13. The minimum Gasteiger partial charge on any atom is -0.497 e. The minimum absolute atomic E-state index is 0.158. The summed E-state index contributed by atoms with van der Waals surface area (Å²) in [7, 11) is 1.69. The van der Waals surface area contributed by atoms with Crippen LogP contribution in [0.1, 0.15) is 51.1 Å². The molecule has 1 heterocycles. The second-order valence-corrected chi connectivity index (χ2v) is 6.77. The van der Waals surface area contributed by atoms with Gasteiger partial charge in [-0.05, 0) is 56.0 Å². The van der Waals surface area contributed by atoms with Crippen molar-refractivity contribution in [3.8, 4) is 5.75 Å². The molecule has 23 heavy (non-hydrogen) atoms. The molecule has 1 fully saturated rings. The Morgan fingerprint density at radius 3 is 2.70 bits per heavy atom. The van der Waals surface area contributed by atoms with Crippen molar-refractivity contribution >= 4 is 5.91 Å². The van der Waals surface area contributed by atoms with Crippen molar-refractivity contribution in [2.24, 2.45) is 5.92 Å². The van der Waals surface area contributed by atoms with E-state index >= 15 is 0 Å². The van der Waals surface area contributed by atoms with E-state index in [0.717, 1.165) is 25.3 Å². The fraction of sp³-hybridized carbons (Fsp3) is 0.632. The van der Waals surface area contributed by atoms with Gasteiger partial charge in [-0.25, -0.2) is 0 Å². The molecule has 1 N–H and O–H groups in total. The largest absolute Gasteiger partial charge is 0.497 e. The zero-order chi connectivity index (χ0) is 16.7. The minimum atomic E-state index is 0.158. The number of benzene rings is 1. The highest BCUT2D eigenvalue weighted by molar-refractivity contribution is 5.75. The molecule has 1 aromatic rings. The van der Waals surface area contributed by atoms with E-state index in [4.69, 9.17) is 4.74 Å². The van der Waals surface area contributed by atoms with Crippen LogP contribution in [0.15, 0.2) is 24.3 Å². The Kier molecular flexibility index (Phi) is 6.90. The molecule has 1 atom stereocenters. The van der Waals surface area contributed by atoms with Gasteiger partial charge in [0.1, 0.15) is 5.75 Å². The molecule has 4 heteroatoms. The van der Waals surface area contributed by atoms with Crippen LogP contribution < -0.4 is 10.1 Å². The number of hydrogen-bond donors (Lipinski definition) is 1. The Morgan fingerprint density at radius 2 is 2.04 bits per heavy atom. The van der Waals surface area contributed by atoms with Crippen molar-refractivity contribution in [2.75, 3.05) is 26.7 Å². The van der Waals surface area contributed by atoms with Crippen LogP contribution >= 0.6 is 0 Å². The number of nitrogens with zero attached hydrogens (tertiary/aromatic N) is 1. The number of ether oxygens (including phenoxy) is 1. The molecule has 4 nitrogen and oxygen atoms in total. The second-order valence-electron chi connectivity index (χ2n) is 6.77. The van der Waals surface area contributed by atoms with Crippen LogP contribution in [0.2, 0.25) is 0 Å². The standard InChI is InChI=1S/C19H30N2O2/c1-15(2)9-10-19(22)20-14-18(21-11-4-5-12-21)16-7-6-8-17(13-16)23-3/h6-8,13,15,18H,4-5,9-12,14H2,1-3H3,(H,20,22). The summed E-state index contributed by atoms with van der Waals surface area (Å²) in [6.45, 7) is 7.17. The van der Waals surface area contributed by atoms with Crippen molar-refractivity contribution in [3.63, 3.8) is 0 Å². The van der Waals surface area contributed by atoms with Crippen LogP contribution in [0.3, 0.4) is 0 Å². The van der Waals surface area contributed by atoms with Gasteiger partial charge in [0.05, 0.1) is 13.2 Å². The Balaban J connectivity index is 2.01. The van der Waals surface area contributed by atoms with E-state index in [1.807, 2.05) is 12.1 Å². The van der Waals surface area contributed by atoms with Crippen molar-refractivity contribution < 1.29 is 9.53 Å². The maximum atomic E-state index is 12.1. The van der Waals surface area contributed by atoms with Gasteiger partial charge < -0.3 is 10.1 Å². The van der Waals surface area contributed by atoms with Crippen molar-refractivity contribution in [1.82, 2.24) is 10.2 Å². The van der Waals surface area contributed by atoms with E-state index in [-0.39, 0.29) is 11.9 Å². The Morgan fingerprint density at radius 1 is 1.30 bits per heavy atom. The van der Waals surface area contributed by atoms with Gasteiger partial charge in [0.2, 0.25) is 5.91 Å². The molecule has 0 bridgehead atoms. The van der Waals surface area contributed by atoms with Gasteiger partial charge in [-0.3, -0.25) is 9.69 Å². The third-order valence-corrected chi connectivity index (χ3v) is 4.50. The topological polar surface area (TPSA) is 41.6 Å². The fourth-order valence-electron chi connectivity index (χ4n) is 3.08. The van der Waals surface area contributed by atoms with Gasteiger partial charge in [0.15, 0.2) is 0 Å². The lowest BCUT2D eigenvalue weighted by molar-refractivity contribution is -0.121. The molecule has 0 saturated carbocycles. The summed E-state index contributed by atoms with van der Waals surface area (Å²) < 4.78 is 5.35. The zero-order valence-electron chi connectivity index (χ0n) is 14.7. The Hall–Kier alpha value is -1.55. The molecule has 1 aliphatic rings. The number of carbonyl (C=O) groups is 1. The number of carbonyl (C=O) groups excluding carboxylic acids is 1. The van der Waals surface area contributed by atoms with Crippen molar-refractivity contribution in [1.29, 1.82) is 0 Å². The van der Waals surface area contributed by atoms with Crippen molar-refractivity contribution in [3.05, 3.63) is 29.8 Å². The molecule has 128 valence electrons. The van der Waals surface area contributed by atoms with E-state index in [1.165, 1.54) is 18.4 Å². The number of amides is 1. The third-order valence-electron chi connectivity index (χ3n) is 4.50. The Labute approximate surface area is 140 Å². The van der Waals surface area contributed by atoms with Crippen LogP contribution in [0.25, 0.3) is 0 Å². The Bertz CT molecular complexity index is 496. The van der Waals surface area contributed by atoms with E-state index in [1.54, 1.807) is 7.11 Å². The molecular formula is C19H30N2O2. The zero-order valence-corrected chi connectivity index (χ0v) is 14.7. The number of likely N-dealkylation sites (tertiary alicyclic amines) is 1. The highest BCUT2D eigenvalue weighted by atomic mass is 16.5. The van der Waals surface area contributed by atoms with Gasteiger partial charge in [-0.15, -0.1) is 0 Å². The first-order chi connectivity index (χ1) is 11.1. The quantitative estimate of drug-likeness (QED) is 0.799. The molecular weight excluding hydrogens is 288 g/mol. The van der Waals surface area contributed by atoms with Crippen molar-refractivity contribution in [2.45, 2.75) is 45.6 Å². The first kappa shape index (κ1) is 17.8. The highest BCUT2D eigenvalue weighted by Crippen LogP contribution is 2.27. The average Bonchev–Trinajstić information content (AvgIpc) is 3.07. The van der Waals surface area contributed by atoms with Gasteiger partial charge in [0.25, 0.3) is 0 Å². The van der Waals surface area contributed by atoms with Gasteiger partial charge in [-0.2, -0.15) is 0 Å². The van der Waals surface area contributed by atoms with Gasteiger partial charge in [-0.1, -0.05) is 26.0 Å². The van der Waals surface area contributed by atoms with E-state index in [2.05, 4.69) is 36.2 Å². The SMILES string of the molecule is COc1cccc(C(CNC(=O)CCC(C)C)N2CCCC2)c1. The number of rotatable bonds is 8. The molecule has 0 radical (unpaired) electrons. The number of methoxy groups -OCH3 is 1. The summed E-state index contributed by atoms with van der Waals surface area (Å²) in [5.74, 6) is 1.59. The molecule has 0 spiro atoms. The monoisotopic (exact) mass is 318 g/mol. The molecule has 1 unspecified atom stereocenters. The van der Waals surface area contributed by atoms with Crippen LogP contribution in [-0.4, -0.2) is 37.6 Å². The van der Waals surface area contributed by atoms with Crippen LogP contribution in [0.5, 0.6) is 5.75 Å². The molecule has 0 aliphatic carbocycles. The maximum Gasteiger partial charge on any atom is 0.220 e. The molecule has 1 aliphatic heterocycles. The number of nitrogens with one attached hydrogen (secondary N) is 1. The second kappa shape index (κ2) is 8.92. The summed E-state index contributed by atoms with van der Waals surface area (Å²) in [6.07, 6.45) is 4.03. The van der Waals surface area contributed by atoms with E-state index in [0.29, 0.717) is 18.9 Å². The predicted octanol–water partition coefficient (Wildman–Crippen LogP) is 3.38. The summed E-state index contributed by atoms with van der Waals surface area (Å²) >= 11 is 0. The lowest BCUT2D eigenvalue weighted by Gasteiger charge is -2.28. The summed E-state index contributed by atoms with van der Waals surface area (Å²) in [5.41, 5.74) is 1.22. The molecule has 1 amide bonds. The predicted molar refractivity (Wildman–Crippen MR) is 93.6 cm³/mol. The normalized spacial score (nSPS) is 16.5. The lowest BCUT2D eigenvalue weighted by Crippen LogP contribution is -2.36. The smallest absolute Gasteiger partial charge is 0.220 e.